The van der Waals surface area contributed by atoms with E-state index in [1.165, 1.54) is 11.5 Å². The minimum atomic E-state index is -0.0526. The summed E-state index contributed by atoms with van der Waals surface area (Å²) in [5.74, 6) is 3.65. The number of rotatable bonds is 6. The number of anilines is 1. The van der Waals surface area contributed by atoms with Gasteiger partial charge >= 0.3 is 0 Å². The first-order chi connectivity index (χ1) is 13.8. The number of hydrogen-bond donors (Lipinski definition) is 0. The van der Waals surface area contributed by atoms with Crippen LogP contribution in [0.5, 0.6) is 5.75 Å². The molecule has 2 fully saturated rings. The van der Waals surface area contributed by atoms with Gasteiger partial charge in [-0.2, -0.15) is 11.8 Å². The number of hydrogen-bond acceptors (Lipinski definition) is 7. The van der Waals surface area contributed by atoms with Gasteiger partial charge in [-0.15, -0.1) is 0 Å². The smallest absolute Gasteiger partial charge is 0.200 e. The predicted octanol–water partition coefficient (Wildman–Crippen LogP) is 2.70. The first-order valence-electron chi connectivity index (χ1n) is 9.75. The molecule has 2 saturated heterocycles. The molecule has 1 aromatic heterocycles. The number of morpholine rings is 1. The van der Waals surface area contributed by atoms with Gasteiger partial charge in [0.05, 0.1) is 24.2 Å². The molecular formula is C21H26N2O4S. The summed E-state index contributed by atoms with van der Waals surface area (Å²) in [4.78, 5) is 17.1. The fourth-order valence-corrected chi connectivity index (χ4v) is 4.56. The first kappa shape index (κ1) is 19.4. The summed E-state index contributed by atoms with van der Waals surface area (Å²) in [6.07, 6.45) is 1.71. The molecule has 2 aliphatic rings. The second-order valence-corrected chi connectivity index (χ2v) is 8.13. The molecule has 0 spiro atoms. The molecule has 0 aliphatic carbocycles. The Labute approximate surface area is 169 Å². The van der Waals surface area contributed by atoms with Crippen molar-refractivity contribution in [2.45, 2.75) is 0 Å². The number of nitrogens with zero attached hydrogens (tertiary/aromatic N) is 2. The van der Waals surface area contributed by atoms with Crippen molar-refractivity contribution in [2.75, 3.05) is 69.0 Å². The standard InChI is InChI=1S/C21H26N2O4S/c1-2-16-19(26-12-5-22-8-13-28-14-9-22)4-3-17-18(24)15-20(27-21(16)17)23-6-10-25-11-7-23/h2-4,15H,1,5-14H2. The number of ether oxygens (including phenoxy) is 2. The molecule has 0 N–H and O–H groups in total. The molecule has 2 aliphatic heterocycles. The van der Waals surface area contributed by atoms with E-state index in [4.69, 9.17) is 13.9 Å². The van der Waals surface area contributed by atoms with E-state index in [0.29, 0.717) is 55.5 Å². The van der Waals surface area contributed by atoms with E-state index in [9.17, 15) is 4.79 Å². The van der Waals surface area contributed by atoms with Crippen LogP contribution >= 0.6 is 11.8 Å². The van der Waals surface area contributed by atoms with Gasteiger partial charge in [-0.3, -0.25) is 9.69 Å². The fourth-order valence-electron chi connectivity index (χ4n) is 3.58. The van der Waals surface area contributed by atoms with E-state index in [2.05, 4.69) is 11.5 Å². The normalized spacial score (nSPS) is 18.4. The predicted molar refractivity (Wildman–Crippen MR) is 115 cm³/mol. The maximum Gasteiger partial charge on any atom is 0.200 e. The van der Waals surface area contributed by atoms with Crippen LogP contribution in [0.15, 0.2) is 34.0 Å². The van der Waals surface area contributed by atoms with Crippen molar-refractivity contribution < 1.29 is 13.9 Å². The summed E-state index contributed by atoms with van der Waals surface area (Å²) in [5.41, 5.74) is 1.22. The Morgan fingerprint density at radius 3 is 2.71 bits per heavy atom. The van der Waals surface area contributed by atoms with Gasteiger partial charge in [0, 0.05) is 50.3 Å². The average molecular weight is 403 g/mol. The quantitative estimate of drug-likeness (QED) is 0.736. The number of fused-ring (bicyclic) bond motifs is 1. The molecule has 3 heterocycles. The minimum Gasteiger partial charge on any atom is -0.491 e. The molecular weight excluding hydrogens is 376 g/mol. The van der Waals surface area contributed by atoms with Crippen LogP contribution in [0.1, 0.15) is 5.56 Å². The van der Waals surface area contributed by atoms with Crippen molar-refractivity contribution >= 4 is 34.7 Å². The van der Waals surface area contributed by atoms with Gasteiger partial charge < -0.3 is 18.8 Å². The maximum atomic E-state index is 12.6. The molecule has 0 atom stereocenters. The molecule has 4 rings (SSSR count). The number of benzene rings is 1. The third kappa shape index (κ3) is 4.21. The molecule has 7 heteroatoms. The van der Waals surface area contributed by atoms with Crippen LogP contribution in [0.4, 0.5) is 5.88 Å². The molecule has 6 nitrogen and oxygen atoms in total. The zero-order valence-corrected chi connectivity index (χ0v) is 16.8. The van der Waals surface area contributed by atoms with Crippen molar-refractivity contribution in [2.24, 2.45) is 0 Å². The van der Waals surface area contributed by atoms with Crippen molar-refractivity contribution in [3.63, 3.8) is 0 Å². The Hall–Kier alpha value is -1.96. The maximum absolute atomic E-state index is 12.6. The molecule has 2 aromatic rings. The Kier molecular flexibility index (Phi) is 6.24. The van der Waals surface area contributed by atoms with Gasteiger partial charge in [0.1, 0.15) is 12.4 Å². The highest BCUT2D eigenvalue weighted by Crippen LogP contribution is 2.30. The van der Waals surface area contributed by atoms with Crippen LogP contribution in [0, 0.1) is 0 Å². The van der Waals surface area contributed by atoms with Crippen molar-refractivity contribution in [3.05, 3.63) is 40.6 Å². The lowest BCUT2D eigenvalue weighted by atomic mass is 10.1. The fraction of sp³-hybridized carbons (Fsp3) is 0.476. The SMILES string of the molecule is C=Cc1c(OCCN2CCSCC2)ccc2c(=O)cc(N3CCOCC3)oc12. The monoisotopic (exact) mass is 402 g/mol. The second kappa shape index (κ2) is 9.03. The minimum absolute atomic E-state index is 0.0526. The molecule has 0 amide bonds. The molecule has 0 bridgehead atoms. The van der Waals surface area contributed by atoms with Crippen LogP contribution in [-0.4, -0.2) is 69.0 Å². The van der Waals surface area contributed by atoms with Gasteiger partial charge in [0.2, 0.25) is 0 Å². The third-order valence-corrected chi connectivity index (χ3v) is 6.12. The Morgan fingerprint density at radius 1 is 1.18 bits per heavy atom. The molecule has 0 radical (unpaired) electrons. The van der Waals surface area contributed by atoms with Gasteiger partial charge in [-0.25, -0.2) is 0 Å². The molecule has 150 valence electrons. The molecule has 1 aromatic carbocycles. The Balaban J connectivity index is 1.58. The summed E-state index contributed by atoms with van der Waals surface area (Å²) in [6.45, 7) is 10.3. The van der Waals surface area contributed by atoms with E-state index in [1.54, 1.807) is 18.2 Å². The first-order valence-corrected chi connectivity index (χ1v) is 10.9. The van der Waals surface area contributed by atoms with Gasteiger partial charge in [-0.1, -0.05) is 12.7 Å². The number of thioether (sulfide) groups is 1. The average Bonchev–Trinajstić information content (AvgIpc) is 2.75. The van der Waals surface area contributed by atoms with Crippen molar-refractivity contribution in [3.8, 4) is 5.75 Å². The summed E-state index contributed by atoms with van der Waals surface area (Å²) in [7, 11) is 0. The zero-order valence-electron chi connectivity index (χ0n) is 16.0. The largest absolute Gasteiger partial charge is 0.491 e. The van der Waals surface area contributed by atoms with Crippen molar-refractivity contribution in [1.82, 2.24) is 4.90 Å². The zero-order chi connectivity index (χ0) is 19.3. The van der Waals surface area contributed by atoms with Gasteiger partial charge in [-0.05, 0) is 12.1 Å². The lowest BCUT2D eigenvalue weighted by Gasteiger charge is -2.27. The second-order valence-electron chi connectivity index (χ2n) is 6.91. The van der Waals surface area contributed by atoms with Crippen LogP contribution in [-0.2, 0) is 4.74 Å². The van der Waals surface area contributed by atoms with Crippen LogP contribution in [0.2, 0.25) is 0 Å². The highest BCUT2D eigenvalue weighted by atomic mass is 32.2. The van der Waals surface area contributed by atoms with E-state index >= 15 is 0 Å². The topological polar surface area (TPSA) is 55.2 Å². The highest BCUT2D eigenvalue weighted by Gasteiger charge is 2.18. The van der Waals surface area contributed by atoms with Crippen LogP contribution in [0.3, 0.4) is 0 Å². The van der Waals surface area contributed by atoms with E-state index in [0.717, 1.165) is 25.2 Å². The lowest BCUT2D eigenvalue weighted by Crippen LogP contribution is -2.36. The summed E-state index contributed by atoms with van der Waals surface area (Å²) in [5, 5.41) is 0.548. The van der Waals surface area contributed by atoms with E-state index in [1.807, 2.05) is 22.7 Å². The summed E-state index contributed by atoms with van der Waals surface area (Å²) in [6, 6.07) is 5.19. The van der Waals surface area contributed by atoms with Gasteiger partial charge in [0.25, 0.3) is 0 Å². The highest BCUT2D eigenvalue weighted by molar-refractivity contribution is 7.99. The van der Waals surface area contributed by atoms with Crippen molar-refractivity contribution in [1.29, 1.82) is 0 Å². The lowest BCUT2D eigenvalue weighted by molar-refractivity contribution is 0.121. The van der Waals surface area contributed by atoms with E-state index < -0.39 is 0 Å². The van der Waals surface area contributed by atoms with E-state index in [-0.39, 0.29) is 5.43 Å². The van der Waals surface area contributed by atoms with Crippen LogP contribution < -0.4 is 15.1 Å². The van der Waals surface area contributed by atoms with Gasteiger partial charge in [0.15, 0.2) is 16.9 Å². The molecule has 0 unspecified atom stereocenters. The Bertz CT molecular complexity index is 886. The molecule has 28 heavy (non-hydrogen) atoms. The third-order valence-electron chi connectivity index (χ3n) is 5.18. The summed E-state index contributed by atoms with van der Waals surface area (Å²) < 4.78 is 17.6. The molecule has 0 saturated carbocycles. The van der Waals surface area contributed by atoms with Crippen LogP contribution in [0.25, 0.3) is 17.0 Å². The Morgan fingerprint density at radius 2 is 1.96 bits per heavy atom. The summed E-state index contributed by atoms with van der Waals surface area (Å²) >= 11 is 2.00.